The molecule has 0 unspecified atom stereocenters. The highest BCUT2D eigenvalue weighted by atomic mass is 16.3. The van der Waals surface area contributed by atoms with Gasteiger partial charge in [-0.05, 0) is 105 Å². The lowest BCUT2D eigenvalue weighted by molar-refractivity contribution is 0.477. The van der Waals surface area contributed by atoms with Gasteiger partial charge in [0.05, 0.1) is 23.3 Å². The van der Waals surface area contributed by atoms with Crippen LogP contribution < -0.4 is 0 Å². The minimum atomic E-state index is -0.110. The molecule has 6 rings (SSSR count). The number of aromatic nitrogens is 3. The fourth-order valence-corrected chi connectivity index (χ4v) is 6.48. The van der Waals surface area contributed by atoms with Crippen molar-refractivity contribution in [1.29, 1.82) is 0 Å². The first kappa shape index (κ1) is 35.6. The van der Waals surface area contributed by atoms with Crippen molar-refractivity contribution >= 4 is 16.7 Å². The van der Waals surface area contributed by atoms with Crippen molar-refractivity contribution in [2.75, 3.05) is 0 Å². The van der Waals surface area contributed by atoms with Gasteiger partial charge in [-0.15, -0.1) is 0 Å². The van der Waals surface area contributed by atoms with E-state index < -0.39 is 0 Å². The Labute approximate surface area is 303 Å². The van der Waals surface area contributed by atoms with Crippen LogP contribution in [0.4, 0.5) is 5.69 Å². The molecule has 1 N–H and O–H groups in total. The molecular formula is C46H50N4O. The Kier molecular flexibility index (Phi) is 8.96. The van der Waals surface area contributed by atoms with Crippen molar-refractivity contribution in [3.8, 4) is 45.2 Å². The summed E-state index contributed by atoms with van der Waals surface area (Å²) in [6, 6.07) is 29.2. The highest BCUT2D eigenvalue weighted by Crippen LogP contribution is 2.42. The lowest BCUT2D eigenvalue weighted by Crippen LogP contribution is -2.17. The number of pyridine rings is 1. The van der Waals surface area contributed by atoms with Gasteiger partial charge in [-0.25, -0.2) is 9.83 Å². The molecule has 0 aliphatic heterocycles. The molecule has 5 nitrogen and oxygen atoms in total. The van der Waals surface area contributed by atoms with E-state index in [1.807, 2.05) is 6.20 Å². The van der Waals surface area contributed by atoms with E-state index in [9.17, 15) is 5.11 Å². The maximum absolute atomic E-state index is 11.3. The van der Waals surface area contributed by atoms with Crippen LogP contribution in [0.1, 0.15) is 104 Å². The molecule has 0 radical (unpaired) electrons. The van der Waals surface area contributed by atoms with Gasteiger partial charge in [-0.2, -0.15) is 0 Å². The standard InChI is InChI=1S/C46H50N4O/c1-28(2)29-18-19-48-39(23-29)31-20-30(21-32(22-31)44(3,4)5)37-14-13-15-40-42(37)49-43(38-27-35(47-12)16-17-41(38)51)50(40)36-25-33(45(6,7)8)24-34(26-36)46(9,10)11/h13-28,51H,1-11H3. The second kappa shape index (κ2) is 12.8. The Morgan fingerprint density at radius 3 is 1.92 bits per heavy atom. The number of nitrogens with zero attached hydrogens (tertiary/aromatic N) is 4. The maximum atomic E-state index is 11.3. The van der Waals surface area contributed by atoms with Gasteiger partial charge in [0.15, 0.2) is 5.69 Å². The topological polar surface area (TPSA) is 55.3 Å². The Bertz CT molecular complexity index is 2280. The molecule has 51 heavy (non-hydrogen) atoms. The number of benzene rings is 4. The molecule has 260 valence electrons. The molecule has 5 heteroatoms. The zero-order valence-corrected chi connectivity index (χ0v) is 32.0. The van der Waals surface area contributed by atoms with E-state index in [2.05, 4.69) is 152 Å². The van der Waals surface area contributed by atoms with Gasteiger partial charge < -0.3 is 5.11 Å². The Morgan fingerprint density at radius 2 is 1.31 bits per heavy atom. The SMILES string of the molecule is [C-]#[N+]c1ccc(O)c(-c2nc3c(-c4cc(-c5cc(C(C)C)ccn5)cc(C(C)(C)C)c4)cccc3n2-c2cc(C(C)(C)C)cc(C(C)(C)C)c2)c1. The number of hydrogen-bond acceptors (Lipinski definition) is 3. The van der Waals surface area contributed by atoms with Gasteiger partial charge >= 0.3 is 0 Å². The summed E-state index contributed by atoms with van der Waals surface area (Å²) in [6.45, 7) is 32.3. The van der Waals surface area contributed by atoms with Crippen molar-refractivity contribution in [3.63, 3.8) is 0 Å². The summed E-state index contributed by atoms with van der Waals surface area (Å²) in [5.41, 5.74) is 12.3. The van der Waals surface area contributed by atoms with Crippen LogP contribution in [0.5, 0.6) is 5.75 Å². The Hall–Kier alpha value is -5.21. The van der Waals surface area contributed by atoms with E-state index in [-0.39, 0.29) is 22.0 Å². The number of rotatable bonds is 5. The third-order valence-electron chi connectivity index (χ3n) is 9.80. The highest BCUT2D eigenvalue weighted by Gasteiger charge is 2.26. The lowest BCUT2D eigenvalue weighted by Gasteiger charge is -2.27. The van der Waals surface area contributed by atoms with Crippen molar-refractivity contribution < 1.29 is 5.11 Å². The third-order valence-corrected chi connectivity index (χ3v) is 9.80. The number of aromatic hydroxyl groups is 1. The summed E-state index contributed by atoms with van der Waals surface area (Å²) in [7, 11) is 0. The quantitative estimate of drug-likeness (QED) is 0.185. The Morgan fingerprint density at radius 1 is 0.686 bits per heavy atom. The van der Waals surface area contributed by atoms with Crippen molar-refractivity contribution in [3.05, 3.63) is 125 Å². The van der Waals surface area contributed by atoms with Crippen LogP contribution in [0.2, 0.25) is 0 Å². The smallest absolute Gasteiger partial charge is 0.188 e. The number of imidazole rings is 1. The van der Waals surface area contributed by atoms with E-state index >= 15 is 0 Å². The van der Waals surface area contributed by atoms with Crippen LogP contribution in [-0.2, 0) is 16.2 Å². The van der Waals surface area contributed by atoms with Gasteiger partial charge in [-0.1, -0.05) is 106 Å². The van der Waals surface area contributed by atoms with Crippen LogP contribution in [0.15, 0.2) is 91.1 Å². The summed E-state index contributed by atoms with van der Waals surface area (Å²) in [4.78, 5) is 13.9. The lowest BCUT2D eigenvalue weighted by atomic mass is 9.80. The number of para-hydroxylation sites is 1. The molecule has 0 atom stereocenters. The Balaban J connectivity index is 1.71. The molecule has 6 aromatic rings. The minimum absolute atomic E-state index is 0.0802. The second-order valence-corrected chi connectivity index (χ2v) is 17.2. The zero-order chi connectivity index (χ0) is 37.0. The van der Waals surface area contributed by atoms with Crippen molar-refractivity contribution in [1.82, 2.24) is 14.5 Å². The average molecular weight is 675 g/mol. The predicted molar refractivity (Wildman–Crippen MR) is 213 cm³/mol. The van der Waals surface area contributed by atoms with E-state index in [1.165, 1.54) is 22.3 Å². The largest absolute Gasteiger partial charge is 0.507 e. The summed E-state index contributed by atoms with van der Waals surface area (Å²) in [6.07, 6.45) is 1.91. The molecule has 0 saturated heterocycles. The van der Waals surface area contributed by atoms with Gasteiger partial charge in [0.1, 0.15) is 11.6 Å². The van der Waals surface area contributed by atoms with Crippen LogP contribution in [0.3, 0.4) is 0 Å². The molecule has 0 fully saturated rings. The van der Waals surface area contributed by atoms with Gasteiger partial charge in [0.25, 0.3) is 0 Å². The van der Waals surface area contributed by atoms with Crippen molar-refractivity contribution in [2.45, 2.75) is 98.3 Å². The number of fused-ring (bicyclic) bond motifs is 1. The first-order valence-corrected chi connectivity index (χ1v) is 17.9. The van der Waals surface area contributed by atoms with Crippen LogP contribution >= 0.6 is 0 Å². The van der Waals surface area contributed by atoms with Crippen LogP contribution in [0.25, 0.3) is 55.3 Å². The second-order valence-electron chi connectivity index (χ2n) is 17.2. The molecule has 2 heterocycles. The molecule has 2 aromatic heterocycles. The van der Waals surface area contributed by atoms with E-state index in [0.717, 1.165) is 39.1 Å². The van der Waals surface area contributed by atoms with Gasteiger partial charge in [0, 0.05) is 28.6 Å². The number of phenolic OH excluding ortho intramolecular Hbond substituents is 1. The van der Waals surface area contributed by atoms with E-state index in [4.69, 9.17) is 16.5 Å². The molecular weight excluding hydrogens is 625 g/mol. The first-order chi connectivity index (χ1) is 23.8. The van der Waals surface area contributed by atoms with Crippen LogP contribution in [-0.4, -0.2) is 19.6 Å². The predicted octanol–water partition coefficient (Wildman–Crippen LogP) is 12.7. The average Bonchev–Trinajstić information content (AvgIpc) is 3.46. The fraction of sp³-hybridized carbons (Fsp3) is 0.326. The third kappa shape index (κ3) is 7.06. The molecule has 4 aromatic carbocycles. The molecule has 0 bridgehead atoms. The summed E-state index contributed by atoms with van der Waals surface area (Å²) < 4.78 is 2.16. The first-order valence-electron chi connectivity index (χ1n) is 17.9. The molecule has 0 amide bonds. The summed E-state index contributed by atoms with van der Waals surface area (Å²) >= 11 is 0. The number of hydrogen-bond donors (Lipinski definition) is 1. The summed E-state index contributed by atoms with van der Waals surface area (Å²) in [5.74, 6) is 1.06. The van der Waals surface area contributed by atoms with Crippen molar-refractivity contribution in [2.24, 2.45) is 0 Å². The van der Waals surface area contributed by atoms with E-state index in [1.54, 1.807) is 18.2 Å². The zero-order valence-electron chi connectivity index (χ0n) is 32.0. The highest BCUT2D eigenvalue weighted by molar-refractivity contribution is 5.97. The van der Waals surface area contributed by atoms with Gasteiger partial charge in [0.2, 0.25) is 0 Å². The maximum Gasteiger partial charge on any atom is 0.188 e. The normalized spacial score (nSPS) is 12.5. The fourth-order valence-electron chi connectivity index (χ4n) is 6.48. The van der Waals surface area contributed by atoms with Gasteiger partial charge in [-0.3, -0.25) is 9.55 Å². The molecule has 0 spiro atoms. The molecule has 0 aliphatic carbocycles. The summed E-state index contributed by atoms with van der Waals surface area (Å²) in [5, 5.41) is 11.3. The minimum Gasteiger partial charge on any atom is -0.507 e. The molecule has 0 saturated carbocycles. The monoisotopic (exact) mass is 674 g/mol. The van der Waals surface area contributed by atoms with Crippen LogP contribution in [0, 0.1) is 6.57 Å². The molecule has 0 aliphatic rings. The number of phenols is 1. The van der Waals surface area contributed by atoms with E-state index in [0.29, 0.717) is 23.0 Å².